The zero-order chi connectivity index (χ0) is 17.2. The van der Waals surface area contributed by atoms with Crippen molar-refractivity contribution < 1.29 is 9.59 Å². The molecule has 0 spiro atoms. The summed E-state index contributed by atoms with van der Waals surface area (Å²) >= 11 is 1.58. The molecule has 2 aliphatic rings. The monoisotopic (exact) mass is 354 g/mol. The number of rotatable bonds is 3. The number of carbonyl (C=O) groups excluding carboxylic acids is 2. The van der Waals surface area contributed by atoms with Gasteiger partial charge in [-0.05, 0) is 56.2 Å². The molecule has 2 heterocycles. The summed E-state index contributed by atoms with van der Waals surface area (Å²) in [4.78, 5) is 28.9. The molecule has 0 unspecified atom stereocenters. The van der Waals surface area contributed by atoms with Crippen LogP contribution in [0.2, 0.25) is 0 Å². The maximum atomic E-state index is 13.1. The zero-order valence-electron chi connectivity index (χ0n) is 14.2. The Kier molecular flexibility index (Phi) is 4.57. The quantitative estimate of drug-likeness (QED) is 0.901. The molecule has 4 rings (SSSR count). The van der Waals surface area contributed by atoms with Crippen LogP contribution in [0.3, 0.4) is 0 Å². The van der Waals surface area contributed by atoms with Crippen molar-refractivity contribution >= 4 is 28.2 Å². The van der Waals surface area contributed by atoms with Crippen LogP contribution in [0, 0.1) is 0 Å². The molecule has 130 valence electrons. The Morgan fingerprint density at radius 2 is 1.72 bits per heavy atom. The number of aryl methyl sites for hydroxylation is 1. The van der Waals surface area contributed by atoms with Crippen LogP contribution in [0.25, 0.3) is 0 Å². The standard InChI is InChI=1S/C20H22N2O2S/c23-18(14-8-3-1-4-9-14)21-19-17(15-10-7-11-16(15)25-19)20(24)22-12-5-2-6-13-22/h1,3-4,8-9H,2,5-7,10-13H2,(H,21,23). The Bertz CT molecular complexity index is 792. The fourth-order valence-corrected chi connectivity index (χ4v) is 5.01. The van der Waals surface area contributed by atoms with Gasteiger partial charge in [-0.15, -0.1) is 11.3 Å². The highest BCUT2D eigenvalue weighted by Crippen LogP contribution is 2.40. The maximum Gasteiger partial charge on any atom is 0.257 e. The molecule has 0 radical (unpaired) electrons. The SMILES string of the molecule is O=C(Nc1sc2c(c1C(=O)N1CCCCC1)CCC2)c1ccccc1. The van der Waals surface area contributed by atoms with E-state index in [9.17, 15) is 9.59 Å². The predicted molar refractivity (Wildman–Crippen MR) is 100 cm³/mol. The van der Waals surface area contributed by atoms with Crippen LogP contribution < -0.4 is 5.32 Å². The lowest BCUT2D eigenvalue weighted by Gasteiger charge is -2.27. The minimum atomic E-state index is -0.145. The van der Waals surface area contributed by atoms with Crippen LogP contribution >= 0.6 is 11.3 Å². The highest BCUT2D eigenvalue weighted by atomic mass is 32.1. The Morgan fingerprint density at radius 3 is 2.48 bits per heavy atom. The predicted octanol–water partition coefficient (Wildman–Crippen LogP) is 4.12. The summed E-state index contributed by atoms with van der Waals surface area (Å²) < 4.78 is 0. The van der Waals surface area contributed by atoms with Crippen molar-refractivity contribution in [1.29, 1.82) is 0 Å². The topological polar surface area (TPSA) is 49.4 Å². The first-order valence-corrected chi connectivity index (χ1v) is 9.86. The average Bonchev–Trinajstić information content (AvgIpc) is 3.23. The molecule has 2 amide bonds. The molecule has 1 saturated heterocycles. The van der Waals surface area contributed by atoms with Gasteiger partial charge in [-0.1, -0.05) is 18.2 Å². The number of fused-ring (bicyclic) bond motifs is 1. The molecule has 25 heavy (non-hydrogen) atoms. The molecule has 1 aromatic carbocycles. The van der Waals surface area contributed by atoms with Crippen LogP contribution in [-0.2, 0) is 12.8 Å². The summed E-state index contributed by atoms with van der Waals surface area (Å²) in [5.41, 5.74) is 2.54. The Balaban J connectivity index is 1.64. The summed E-state index contributed by atoms with van der Waals surface area (Å²) in [6.45, 7) is 1.66. The first-order chi connectivity index (χ1) is 12.2. The molecule has 1 fully saturated rings. The molecule has 1 N–H and O–H groups in total. The zero-order valence-corrected chi connectivity index (χ0v) is 15.0. The van der Waals surface area contributed by atoms with Gasteiger partial charge < -0.3 is 10.2 Å². The number of benzene rings is 1. The molecule has 1 aliphatic heterocycles. The van der Waals surface area contributed by atoms with Gasteiger partial charge in [-0.25, -0.2) is 0 Å². The lowest BCUT2D eigenvalue weighted by Crippen LogP contribution is -2.36. The maximum absolute atomic E-state index is 13.1. The number of piperidine rings is 1. The number of carbonyl (C=O) groups is 2. The number of hydrogen-bond donors (Lipinski definition) is 1. The van der Waals surface area contributed by atoms with E-state index in [2.05, 4.69) is 5.32 Å². The minimum absolute atomic E-state index is 0.0995. The van der Waals surface area contributed by atoms with Crippen molar-refractivity contribution in [3.05, 3.63) is 51.9 Å². The molecule has 1 aromatic heterocycles. The van der Waals surface area contributed by atoms with Crippen molar-refractivity contribution in [2.45, 2.75) is 38.5 Å². The summed E-state index contributed by atoms with van der Waals surface area (Å²) in [5.74, 6) is -0.0457. The number of likely N-dealkylation sites (tertiary alicyclic amines) is 1. The van der Waals surface area contributed by atoms with Crippen LogP contribution in [0.15, 0.2) is 30.3 Å². The van der Waals surface area contributed by atoms with Crippen LogP contribution in [0.1, 0.15) is 56.8 Å². The fourth-order valence-electron chi connectivity index (χ4n) is 3.74. The van der Waals surface area contributed by atoms with Gasteiger partial charge >= 0.3 is 0 Å². The molecule has 1 aliphatic carbocycles. The van der Waals surface area contributed by atoms with E-state index in [-0.39, 0.29) is 11.8 Å². The number of amides is 2. The largest absolute Gasteiger partial charge is 0.339 e. The second-order valence-electron chi connectivity index (χ2n) is 6.73. The summed E-state index contributed by atoms with van der Waals surface area (Å²) in [5, 5.41) is 3.74. The van der Waals surface area contributed by atoms with E-state index in [1.807, 2.05) is 23.1 Å². The van der Waals surface area contributed by atoms with Crippen molar-refractivity contribution in [3.8, 4) is 0 Å². The third-order valence-corrected chi connectivity index (χ3v) is 6.25. The molecule has 0 atom stereocenters. The van der Waals surface area contributed by atoms with Gasteiger partial charge in [0.25, 0.3) is 11.8 Å². The highest BCUT2D eigenvalue weighted by Gasteiger charge is 2.30. The lowest BCUT2D eigenvalue weighted by atomic mass is 10.1. The van der Waals surface area contributed by atoms with Crippen molar-refractivity contribution in [3.63, 3.8) is 0 Å². The van der Waals surface area contributed by atoms with Gasteiger partial charge in [0.1, 0.15) is 5.00 Å². The van der Waals surface area contributed by atoms with Gasteiger partial charge in [0.2, 0.25) is 0 Å². The van der Waals surface area contributed by atoms with E-state index in [0.717, 1.165) is 55.8 Å². The normalized spacial score (nSPS) is 16.6. The third kappa shape index (κ3) is 3.21. The van der Waals surface area contributed by atoms with Gasteiger partial charge in [-0.3, -0.25) is 9.59 Å². The summed E-state index contributed by atoms with van der Waals surface area (Å²) in [7, 11) is 0. The number of nitrogens with one attached hydrogen (secondary N) is 1. The molecular formula is C20H22N2O2S. The number of thiophene rings is 1. The van der Waals surface area contributed by atoms with Gasteiger partial charge in [0, 0.05) is 23.5 Å². The average molecular weight is 354 g/mol. The van der Waals surface area contributed by atoms with Gasteiger partial charge in [0.15, 0.2) is 0 Å². The van der Waals surface area contributed by atoms with Crippen molar-refractivity contribution in [2.75, 3.05) is 18.4 Å². The minimum Gasteiger partial charge on any atom is -0.339 e. The van der Waals surface area contributed by atoms with Gasteiger partial charge in [0.05, 0.1) is 5.56 Å². The van der Waals surface area contributed by atoms with Gasteiger partial charge in [-0.2, -0.15) is 0 Å². The van der Waals surface area contributed by atoms with E-state index < -0.39 is 0 Å². The first-order valence-electron chi connectivity index (χ1n) is 9.04. The number of hydrogen-bond acceptors (Lipinski definition) is 3. The molecular weight excluding hydrogens is 332 g/mol. The Labute approximate surface area is 151 Å². The molecule has 5 heteroatoms. The number of nitrogens with zero attached hydrogens (tertiary/aromatic N) is 1. The summed E-state index contributed by atoms with van der Waals surface area (Å²) in [6.07, 6.45) is 6.41. The highest BCUT2D eigenvalue weighted by molar-refractivity contribution is 7.17. The first kappa shape index (κ1) is 16.3. The smallest absolute Gasteiger partial charge is 0.257 e. The van der Waals surface area contributed by atoms with E-state index >= 15 is 0 Å². The molecule has 2 aromatic rings. The molecule has 0 saturated carbocycles. The lowest BCUT2D eigenvalue weighted by molar-refractivity contribution is 0.0725. The van der Waals surface area contributed by atoms with E-state index in [4.69, 9.17) is 0 Å². The third-order valence-electron chi connectivity index (χ3n) is 5.04. The van der Waals surface area contributed by atoms with Crippen molar-refractivity contribution in [1.82, 2.24) is 4.90 Å². The molecule has 0 bridgehead atoms. The van der Waals surface area contributed by atoms with E-state index in [1.54, 1.807) is 23.5 Å². The Hall–Kier alpha value is -2.14. The van der Waals surface area contributed by atoms with Crippen molar-refractivity contribution in [2.24, 2.45) is 0 Å². The second kappa shape index (κ2) is 7.00. The van der Waals surface area contributed by atoms with Crippen LogP contribution in [0.4, 0.5) is 5.00 Å². The fraction of sp³-hybridized carbons (Fsp3) is 0.400. The Morgan fingerprint density at radius 1 is 0.960 bits per heavy atom. The van der Waals surface area contributed by atoms with Crippen LogP contribution in [0.5, 0.6) is 0 Å². The number of anilines is 1. The van der Waals surface area contributed by atoms with Crippen LogP contribution in [-0.4, -0.2) is 29.8 Å². The second-order valence-corrected chi connectivity index (χ2v) is 7.84. The van der Waals surface area contributed by atoms with E-state index in [0.29, 0.717) is 5.56 Å². The molecule has 4 nitrogen and oxygen atoms in total. The van der Waals surface area contributed by atoms with E-state index in [1.165, 1.54) is 16.9 Å². The summed E-state index contributed by atoms with van der Waals surface area (Å²) in [6, 6.07) is 9.18.